The van der Waals surface area contributed by atoms with Gasteiger partial charge in [-0.2, -0.15) is 0 Å². The van der Waals surface area contributed by atoms with Gasteiger partial charge in [-0.05, 0) is 6.92 Å². The van der Waals surface area contributed by atoms with Gasteiger partial charge in [0, 0.05) is 6.61 Å². The summed E-state index contributed by atoms with van der Waals surface area (Å²) in [5, 5.41) is 36.8. The number of aliphatic hydroxyl groups is 4. The molecule has 1 heterocycles. The largest absolute Gasteiger partial charge is 0.394 e. The second-order valence-electron chi connectivity index (χ2n) is 3.15. The first-order valence-corrected chi connectivity index (χ1v) is 4.54. The van der Waals surface area contributed by atoms with Crippen LogP contribution in [0.3, 0.4) is 0 Å². The molecule has 0 bridgehead atoms. The summed E-state index contributed by atoms with van der Waals surface area (Å²) >= 11 is 0. The van der Waals surface area contributed by atoms with Gasteiger partial charge in [-0.3, -0.25) is 0 Å². The van der Waals surface area contributed by atoms with Crippen LogP contribution in [0.4, 0.5) is 0 Å². The normalized spacial score (nSPS) is 43.9. The van der Waals surface area contributed by atoms with Crippen LogP contribution in [-0.2, 0) is 9.47 Å². The average Bonchev–Trinajstić information content (AvgIpc) is 2.19. The number of hydrogen-bond donors (Lipinski definition) is 4. The molecule has 0 aromatic heterocycles. The zero-order chi connectivity index (χ0) is 10.7. The molecule has 1 aliphatic rings. The van der Waals surface area contributed by atoms with Crippen molar-refractivity contribution in [3.8, 4) is 0 Å². The van der Waals surface area contributed by atoms with Crippen LogP contribution in [0.1, 0.15) is 6.92 Å². The Bertz CT molecular complexity index is 173. The first-order valence-electron chi connectivity index (χ1n) is 4.54. The molecule has 14 heavy (non-hydrogen) atoms. The van der Waals surface area contributed by atoms with Crippen LogP contribution in [0.15, 0.2) is 0 Å². The van der Waals surface area contributed by atoms with E-state index in [0.717, 1.165) is 0 Å². The minimum Gasteiger partial charge on any atom is -0.394 e. The van der Waals surface area contributed by atoms with Crippen molar-refractivity contribution in [1.29, 1.82) is 0 Å². The van der Waals surface area contributed by atoms with Crippen molar-refractivity contribution in [2.24, 2.45) is 0 Å². The van der Waals surface area contributed by atoms with Crippen molar-refractivity contribution in [3.63, 3.8) is 0 Å². The molecule has 1 unspecified atom stereocenters. The van der Waals surface area contributed by atoms with Crippen molar-refractivity contribution in [3.05, 3.63) is 0 Å². The Balaban J connectivity index is 2.67. The quantitative estimate of drug-likeness (QED) is 0.421. The topological polar surface area (TPSA) is 99.4 Å². The predicted octanol–water partition coefficient (Wildman–Crippen LogP) is -2.18. The molecule has 0 aromatic rings. The van der Waals surface area contributed by atoms with E-state index in [0.29, 0.717) is 6.61 Å². The van der Waals surface area contributed by atoms with E-state index in [1.165, 1.54) is 0 Å². The fourth-order valence-electron chi connectivity index (χ4n) is 1.47. The van der Waals surface area contributed by atoms with E-state index in [1.807, 2.05) is 0 Å². The Hall–Kier alpha value is -0.240. The highest BCUT2D eigenvalue weighted by Gasteiger charge is 2.44. The molecule has 0 aliphatic carbocycles. The monoisotopic (exact) mass is 208 g/mol. The van der Waals surface area contributed by atoms with E-state index in [2.05, 4.69) is 0 Å². The van der Waals surface area contributed by atoms with Crippen LogP contribution >= 0.6 is 0 Å². The Kier molecular flexibility index (Phi) is 4.24. The molecule has 1 saturated heterocycles. The van der Waals surface area contributed by atoms with Gasteiger partial charge in [-0.1, -0.05) is 0 Å². The van der Waals surface area contributed by atoms with Gasteiger partial charge in [0.15, 0.2) is 6.29 Å². The SMILES string of the molecule is CCO[C@H]1[C@H](O)[C@@H](O)C(O)O[C@@H]1CO. The Morgan fingerprint density at radius 3 is 2.36 bits per heavy atom. The Morgan fingerprint density at radius 1 is 1.21 bits per heavy atom. The van der Waals surface area contributed by atoms with E-state index in [9.17, 15) is 10.2 Å². The minimum atomic E-state index is -1.49. The van der Waals surface area contributed by atoms with E-state index in [-0.39, 0.29) is 6.61 Å². The Labute approximate surface area is 81.7 Å². The molecule has 1 rings (SSSR count). The summed E-state index contributed by atoms with van der Waals surface area (Å²) in [4.78, 5) is 0. The van der Waals surface area contributed by atoms with Crippen LogP contribution in [0, 0.1) is 0 Å². The summed E-state index contributed by atoms with van der Waals surface area (Å²) in [5.41, 5.74) is 0. The highest BCUT2D eigenvalue weighted by Crippen LogP contribution is 2.21. The molecule has 0 radical (unpaired) electrons. The van der Waals surface area contributed by atoms with E-state index < -0.39 is 30.7 Å². The summed E-state index contributed by atoms with van der Waals surface area (Å²) in [5.74, 6) is 0. The minimum absolute atomic E-state index is 0.324. The lowest BCUT2D eigenvalue weighted by atomic mass is 9.99. The average molecular weight is 208 g/mol. The van der Waals surface area contributed by atoms with Gasteiger partial charge >= 0.3 is 0 Å². The summed E-state index contributed by atoms with van der Waals surface area (Å²) in [6.07, 6.45) is -5.78. The van der Waals surface area contributed by atoms with E-state index in [4.69, 9.17) is 19.7 Å². The lowest BCUT2D eigenvalue weighted by Gasteiger charge is -2.39. The van der Waals surface area contributed by atoms with Crippen LogP contribution in [0.5, 0.6) is 0 Å². The van der Waals surface area contributed by atoms with Gasteiger partial charge in [-0.25, -0.2) is 0 Å². The van der Waals surface area contributed by atoms with Crippen molar-refractivity contribution < 1.29 is 29.9 Å². The maximum absolute atomic E-state index is 9.51. The van der Waals surface area contributed by atoms with Crippen LogP contribution in [0.2, 0.25) is 0 Å². The van der Waals surface area contributed by atoms with Crippen molar-refractivity contribution in [1.82, 2.24) is 0 Å². The molecule has 0 aromatic carbocycles. The van der Waals surface area contributed by atoms with Crippen molar-refractivity contribution in [2.75, 3.05) is 13.2 Å². The molecular formula is C8H16O6. The number of ether oxygens (including phenoxy) is 2. The summed E-state index contributed by atoms with van der Waals surface area (Å²) in [6.45, 7) is 1.66. The number of rotatable bonds is 3. The van der Waals surface area contributed by atoms with Gasteiger partial charge in [0.25, 0.3) is 0 Å². The molecule has 5 atom stereocenters. The molecule has 6 nitrogen and oxygen atoms in total. The highest BCUT2D eigenvalue weighted by atomic mass is 16.6. The maximum Gasteiger partial charge on any atom is 0.184 e. The van der Waals surface area contributed by atoms with E-state index in [1.54, 1.807) is 6.92 Å². The van der Waals surface area contributed by atoms with Crippen LogP contribution in [-0.4, -0.2) is 64.3 Å². The Morgan fingerprint density at radius 2 is 1.86 bits per heavy atom. The van der Waals surface area contributed by atoms with Crippen molar-refractivity contribution >= 4 is 0 Å². The molecule has 1 fully saturated rings. The third-order valence-electron chi connectivity index (χ3n) is 2.20. The van der Waals surface area contributed by atoms with Gasteiger partial charge in [-0.15, -0.1) is 0 Å². The molecule has 0 saturated carbocycles. The second-order valence-corrected chi connectivity index (χ2v) is 3.15. The predicted molar refractivity (Wildman–Crippen MR) is 45.4 cm³/mol. The van der Waals surface area contributed by atoms with Crippen LogP contribution in [0.25, 0.3) is 0 Å². The summed E-state index contributed by atoms with van der Waals surface area (Å²) < 4.78 is 9.97. The van der Waals surface area contributed by atoms with Gasteiger partial charge < -0.3 is 29.9 Å². The van der Waals surface area contributed by atoms with Crippen molar-refractivity contribution in [2.45, 2.75) is 37.6 Å². The summed E-state index contributed by atoms with van der Waals surface area (Å²) in [6, 6.07) is 0. The molecule has 1 aliphatic heterocycles. The third kappa shape index (κ3) is 2.22. The van der Waals surface area contributed by atoms with Gasteiger partial charge in [0.05, 0.1) is 6.61 Å². The number of aliphatic hydroxyl groups excluding tert-OH is 4. The second kappa shape index (κ2) is 5.01. The van der Waals surface area contributed by atoms with E-state index >= 15 is 0 Å². The third-order valence-corrected chi connectivity index (χ3v) is 2.20. The lowest BCUT2D eigenvalue weighted by Crippen LogP contribution is -2.59. The number of hydrogen-bond acceptors (Lipinski definition) is 6. The maximum atomic E-state index is 9.51. The zero-order valence-electron chi connectivity index (χ0n) is 7.91. The molecule has 6 heteroatoms. The summed E-state index contributed by atoms with van der Waals surface area (Å²) in [7, 11) is 0. The first kappa shape index (κ1) is 11.8. The zero-order valence-corrected chi connectivity index (χ0v) is 7.91. The van der Waals surface area contributed by atoms with Crippen LogP contribution < -0.4 is 0 Å². The first-order chi connectivity index (χ1) is 6.61. The lowest BCUT2D eigenvalue weighted by molar-refractivity contribution is -0.293. The van der Waals surface area contributed by atoms with Gasteiger partial charge in [0.1, 0.15) is 24.4 Å². The smallest absolute Gasteiger partial charge is 0.184 e. The van der Waals surface area contributed by atoms with Gasteiger partial charge in [0.2, 0.25) is 0 Å². The fraction of sp³-hybridized carbons (Fsp3) is 1.00. The molecular weight excluding hydrogens is 192 g/mol. The molecule has 4 N–H and O–H groups in total. The molecule has 0 spiro atoms. The molecule has 84 valence electrons. The fourth-order valence-corrected chi connectivity index (χ4v) is 1.47. The standard InChI is InChI=1S/C8H16O6/c1-2-13-7-4(3-9)14-8(12)6(11)5(7)10/h4-12H,2-3H2,1H3/t4-,5-,6-,7-,8?/m1/s1. The molecule has 0 amide bonds. The highest BCUT2D eigenvalue weighted by molar-refractivity contribution is 4.89.